The molecule has 0 saturated heterocycles. The fourth-order valence-electron chi connectivity index (χ4n) is 3.36. The lowest BCUT2D eigenvalue weighted by atomic mass is 9.82. The molecule has 1 aromatic carbocycles. The lowest BCUT2D eigenvalue weighted by Crippen LogP contribution is -2.40. The highest BCUT2D eigenvalue weighted by Gasteiger charge is 2.32. The third-order valence-electron chi connectivity index (χ3n) is 5.03. The molecule has 0 aliphatic carbocycles. The van der Waals surface area contributed by atoms with Crippen molar-refractivity contribution in [2.75, 3.05) is 6.61 Å². The maximum absolute atomic E-state index is 12.4. The van der Waals surface area contributed by atoms with Gasteiger partial charge >= 0.3 is 23.9 Å². The Morgan fingerprint density at radius 2 is 1.41 bits per heavy atom. The molecule has 0 heterocycles. The minimum atomic E-state index is -1.32. The van der Waals surface area contributed by atoms with Gasteiger partial charge in [-0.25, -0.2) is 0 Å². The Balaban J connectivity index is 3.38. The van der Waals surface area contributed by atoms with Crippen LogP contribution in [0.3, 0.4) is 0 Å². The van der Waals surface area contributed by atoms with Crippen LogP contribution >= 0.6 is 0 Å². The molecule has 9 nitrogen and oxygen atoms in total. The molecular weight excluding hydrogens is 442 g/mol. The smallest absolute Gasteiger partial charge is 0.321 e. The number of nitrogens with two attached hydrogens (primary N) is 1. The van der Waals surface area contributed by atoms with Gasteiger partial charge in [-0.3, -0.25) is 19.2 Å². The molecule has 0 amide bonds. The van der Waals surface area contributed by atoms with Gasteiger partial charge < -0.3 is 25.1 Å². The van der Waals surface area contributed by atoms with Gasteiger partial charge in [0.2, 0.25) is 0 Å². The molecule has 2 unspecified atom stereocenters. The number of rotatable bonds is 13. The standard InChI is InChI=1S/C25H37NO8/c1-7-20(27)32-13-16(6)23(24(26)25(30)31)17-8-9-18(33-21(28)10-14(2)3)19(12-17)34-22(29)11-15(4)5/h8-9,12,14-16,23-24H,7,10-11,13,26H2,1-6H3,(H,30,31)/t16?,23?,24-/m0/s1. The maximum Gasteiger partial charge on any atom is 0.321 e. The van der Waals surface area contributed by atoms with Crippen LogP contribution in [0.1, 0.15) is 72.3 Å². The molecule has 0 aromatic heterocycles. The van der Waals surface area contributed by atoms with E-state index in [1.165, 1.54) is 12.1 Å². The summed E-state index contributed by atoms with van der Waals surface area (Å²) in [5.74, 6) is -3.71. The minimum Gasteiger partial charge on any atom is -0.480 e. The zero-order valence-electron chi connectivity index (χ0n) is 20.8. The van der Waals surface area contributed by atoms with E-state index in [0.717, 1.165) is 0 Å². The van der Waals surface area contributed by atoms with Crippen molar-refractivity contribution in [1.29, 1.82) is 0 Å². The van der Waals surface area contributed by atoms with E-state index in [2.05, 4.69) is 0 Å². The van der Waals surface area contributed by atoms with E-state index in [1.807, 2.05) is 27.7 Å². The fourth-order valence-corrected chi connectivity index (χ4v) is 3.36. The number of benzene rings is 1. The number of aliphatic carboxylic acids is 1. The Bertz CT molecular complexity index is 864. The van der Waals surface area contributed by atoms with Crippen LogP contribution < -0.4 is 15.2 Å². The largest absolute Gasteiger partial charge is 0.480 e. The van der Waals surface area contributed by atoms with E-state index in [9.17, 15) is 24.3 Å². The summed E-state index contributed by atoms with van der Waals surface area (Å²) in [5, 5.41) is 9.57. The summed E-state index contributed by atoms with van der Waals surface area (Å²) in [6, 6.07) is 3.17. The van der Waals surface area contributed by atoms with Crippen molar-refractivity contribution >= 4 is 23.9 Å². The fraction of sp³-hybridized carbons (Fsp3) is 0.600. The molecule has 0 saturated carbocycles. The second-order valence-electron chi connectivity index (χ2n) is 9.25. The zero-order valence-corrected chi connectivity index (χ0v) is 20.8. The molecule has 1 aromatic rings. The molecule has 0 spiro atoms. The van der Waals surface area contributed by atoms with Crippen LogP contribution in [0.15, 0.2) is 18.2 Å². The van der Waals surface area contributed by atoms with Crippen LogP contribution in [-0.4, -0.2) is 41.6 Å². The molecule has 0 aliphatic rings. The number of hydrogen-bond donors (Lipinski definition) is 2. The quantitative estimate of drug-likeness (QED) is 0.320. The first-order valence-corrected chi connectivity index (χ1v) is 11.5. The molecule has 3 atom stereocenters. The Kier molecular flexibility index (Phi) is 11.7. The van der Waals surface area contributed by atoms with Crippen LogP contribution in [0.2, 0.25) is 0 Å². The second-order valence-corrected chi connectivity index (χ2v) is 9.25. The average molecular weight is 480 g/mol. The normalized spacial score (nSPS) is 13.8. The Morgan fingerprint density at radius 1 is 0.882 bits per heavy atom. The van der Waals surface area contributed by atoms with Gasteiger partial charge in [-0.15, -0.1) is 0 Å². The van der Waals surface area contributed by atoms with Gasteiger partial charge in [-0.05, 0) is 35.4 Å². The highest BCUT2D eigenvalue weighted by molar-refractivity contribution is 5.77. The van der Waals surface area contributed by atoms with Crippen LogP contribution in [0, 0.1) is 17.8 Å². The van der Waals surface area contributed by atoms with Crippen molar-refractivity contribution in [3.05, 3.63) is 23.8 Å². The molecule has 190 valence electrons. The van der Waals surface area contributed by atoms with Crippen molar-refractivity contribution in [2.24, 2.45) is 23.5 Å². The summed E-state index contributed by atoms with van der Waals surface area (Å²) in [4.78, 5) is 47.9. The van der Waals surface area contributed by atoms with E-state index in [-0.39, 0.29) is 49.2 Å². The highest BCUT2D eigenvalue weighted by atomic mass is 16.6. The monoisotopic (exact) mass is 479 g/mol. The lowest BCUT2D eigenvalue weighted by molar-refractivity contribution is -0.145. The van der Waals surface area contributed by atoms with E-state index in [1.54, 1.807) is 19.9 Å². The Morgan fingerprint density at radius 3 is 1.88 bits per heavy atom. The van der Waals surface area contributed by atoms with E-state index < -0.39 is 41.8 Å². The molecule has 1 rings (SSSR count). The maximum atomic E-state index is 12.4. The first kappa shape index (κ1) is 29.1. The molecule has 0 bridgehead atoms. The summed E-state index contributed by atoms with van der Waals surface area (Å²) in [6.07, 6.45) is 0.507. The van der Waals surface area contributed by atoms with Gasteiger partial charge in [0.05, 0.1) is 6.61 Å². The van der Waals surface area contributed by atoms with Gasteiger partial charge in [0.15, 0.2) is 11.5 Å². The first-order chi connectivity index (χ1) is 15.8. The Hall–Kier alpha value is -2.94. The van der Waals surface area contributed by atoms with E-state index >= 15 is 0 Å². The molecular formula is C25H37NO8. The molecule has 34 heavy (non-hydrogen) atoms. The number of carbonyl (C=O) groups is 4. The van der Waals surface area contributed by atoms with Crippen molar-refractivity contribution in [3.63, 3.8) is 0 Å². The van der Waals surface area contributed by atoms with Crippen LogP contribution in [0.4, 0.5) is 0 Å². The molecule has 3 N–H and O–H groups in total. The summed E-state index contributed by atoms with van der Waals surface area (Å²) >= 11 is 0. The van der Waals surface area contributed by atoms with Gasteiger partial charge in [0.25, 0.3) is 0 Å². The highest BCUT2D eigenvalue weighted by Crippen LogP contribution is 2.36. The average Bonchev–Trinajstić information content (AvgIpc) is 2.72. The van der Waals surface area contributed by atoms with Crippen LogP contribution in [-0.2, 0) is 23.9 Å². The third kappa shape index (κ3) is 9.51. The topological polar surface area (TPSA) is 142 Å². The number of carboxylic acid groups (broad SMARTS) is 1. The summed E-state index contributed by atoms with van der Waals surface area (Å²) in [7, 11) is 0. The van der Waals surface area contributed by atoms with Gasteiger partial charge in [-0.2, -0.15) is 0 Å². The number of esters is 3. The van der Waals surface area contributed by atoms with Gasteiger partial charge in [0, 0.05) is 25.2 Å². The van der Waals surface area contributed by atoms with Crippen LogP contribution in [0.25, 0.3) is 0 Å². The van der Waals surface area contributed by atoms with Crippen LogP contribution in [0.5, 0.6) is 11.5 Å². The van der Waals surface area contributed by atoms with E-state index in [4.69, 9.17) is 19.9 Å². The Labute approximate surface area is 200 Å². The SMILES string of the molecule is CCC(=O)OCC(C)C(c1ccc(OC(=O)CC(C)C)c(OC(=O)CC(C)C)c1)[C@H](N)C(=O)O. The first-order valence-electron chi connectivity index (χ1n) is 11.5. The molecule has 0 fully saturated rings. The van der Waals surface area contributed by atoms with Gasteiger partial charge in [0.1, 0.15) is 6.04 Å². The van der Waals surface area contributed by atoms with E-state index in [0.29, 0.717) is 5.56 Å². The number of carboxylic acids is 1. The van der Waals surface area contributed by atoms with Gasteiger partial charge in [-0.1, -0.05) is 47.6 Å². The minimum absolute atomic E-state index is 0.000554. The second kappa shape index (κ2) is 13.7. The number of carbonyl (C=O) groups excluding carboxylic acids is 3. The van der Waals surface area contributed by atoms with Crippen molar-refractivity contribution in [1.82, 2.24) is 0 Å². The summed E-state index contributed by atoms with van der Waals surface area (Å²) in [5.41, 5.74) is 6.44. The zero-order chi connectivity index (χ0) is 26.0. The molecule has 9 heteroatoms. The summed E-state index contributed by atoms with van der Waals surface area (Å²) < 4.78 is 16.1. The van der Waals surface area contributed by atoms with Crippen molar-refractivity contribution in [3.8, 4) is 11.5 Å². The predicted octanol–water partition coefficient (Wildman–Crippen LogP) is 3.67. The van der Waals surface area contributed by atoms with Crippen molar-refractivity contribution in [2.45, 2.75) is 72.8 Å². The lowest BCUT2D eigenvalue weighted by Gasteiger charge is -2.28. The number of ether oxygens (including phenoxy) is 3. The summed E-state index contributed by atoms with van der Waals surface area (Å²) in [6.45, 7) is 10.8. The number of hydrogen-bond acceptors (Lipinski definition) is 8. The molecule has 0 aliphatic heterocycles. The van der Waals surface area contributed by atoms with Crippen molar-refractivity contribution < 1.29 is 38.5 Å². The molecule has 0 radical (unpaired) electrons. The third-order valence-corrected chi connectivity index (χ3v) is 5.03. The predicted molar refractivity (Wildman–Crippen MR) is 125 cm³/mol.